The Morgan fingerprint density at radius 1 is 0.409 bits per heavy atom. The van der Waals surface area contributed by atoms with Gasteiger partial charge in [-0.05, 0) is 12.1 Å². The first-order chi connectivity index (χ1) is 10.3. The van der Waals surface area contributed by atoms with Crippen LogP contribution in [0.5, 0.6) is 0 Å². The lowest BCUT2D eigenvalue weighted by molar-refractivity contribution is 0.447. The van der Waals surface area contributed by atoms with E-state index in [0.717, 1.165) is 0 Å². The standard InChI is InChI=1S/C14H2F8/c15-5-1-3-7(13(21)11(5)19)10(18)4-2-6(16)12(20)14(22)8(4)9(3)17/h1-2H. The smallest absolute Gasteiger partial charge is 0.195 e. The van der Waals surface area contributed by atoms with E-state index in [1.165, 1.54) is 0 Å². The molecule has 3 rings (SSSR count). The quantitative estimate of drug-likeness (QED) is 0.307. The average Bonchev–Trinajstić information content (AvgIpc) is 2.47. The van der Waals surface area contributed by atoms with E-state index < -0.39 is 68.1 Å². The van der Waals surface area contributed by atoms with Gasteiger partial charge in [-0.2, -0.15) is 0 Å². The molecular weight excluding hydrogens is 320 g/mol. The number of halogens is 8. The Hall–Kier alpha value is -2.38. The lowest BCUT2D eigenvalue weighted by atomic mass is 10.00. The van der Waals surface area contributed by atoms with Gasteiger partial charge in [-0.25, -0.2) is 35.1 Å². The van der Waals surface area contributed by atoms with Crippen LogP contribution in [0.25, 0.3) is 21.5 Å². The summed E-state index contributed by atoms with van der Waals surface area (Å²) < 4.78 is 108. The number of benzene rings is 3. The highest BCUT2D eigenvalue weighted by Crippen LogP contribution is 2.36. The van der Waals surface area contributed by atoms with Gasteiger partial charge in [0.15, 0.2) is 34.9 Å². The predicted molar refractivity (Wildman–Crippen MR) is 61.1 cm³/mol. The van der Waals surface area contributed by atoms with E-state index >= 15 is 0 Å². The summed E-state index contributed by atoms with van der Waals surface area (Å²) in [5.74, 6) is -15.4. The molecule has 0 saturated carbocycles. The maximum Gasteiger partial charge on any atom is 0.195 e. The summed E-state index contributed by atoms with van der Waals surface area (Å²) in [7, 11) is 0. The Morgan fingerprint density at radius 3 is 1.05 bits per heavy atom. The van der Waals surface area contributed by atoms with Gasteiger partial charge < -0.3 is 0 Å². The van der Waals surface area contributed by atoms with Crippen LogP contribution >= 0.6 is 0 Å². The number of rotatable bonds is 0. The van der Waals surface area contributed by atoms with Crippen molar-refractivity contribution in [3.63, 3.8) is 0 Å². The first-order valence-corrected chi connectivity index (χ1v) is 5.67. The molecule has 8 heteroatoms. The second-order valence-corrected chi connectivity index (χ2v) is 4.45. The summed E-state index contributed by atoms with van der Waals surface area (Å²) in [6.45, 7) is 0. The van der Waals surface area contributed by atoms with Crippen LogP contribution in [0, 0.1) is 46.5 Å². The summed E-state index contributed by atoms with van der Waals surface area (Å²) >= 11 is 0. The summed E-state index contributed by atoms with van der Waals surface area (Å²) in [6, 6.07) is 0.207. The summed E-state index contributed by atoms with van der Waals surface area (Å²) in [6.07, 6.45) is 0. The Balaban J connectivity index is 2.71. The monoisotopic (exact) mass is 322 g/mol. The molecule has 0 nitrogen and oxygen atoms in total. The molecular formula is C14H2F8. The van der Waals surface area contributed by atoms with Gasteiger partial charge in [0.1, 0.15) is 11.6 Å². The number of hydrogen-bond donors (Lipinski definition) is 0. The summed E-state index contributed by atoms with van der Waals surface area (Å²) in [5, 5.41) is -4.92. The molecule has 0 aromatic heterocycles. The molecule has 0 amide bonds. The Labute approximate surface area is 116 Å². The molecule has 22 heavy (non-hydrogen) atoms. The Morgan fingerprint density at radius 2 is 0.727 bits per heavy atom. The Kier molecular flexibility index (Phi) is 3.01. The van der Waals surface area contributed by atoms with Crippen LogP contribution in [0.2, 0.25) is 0 Å². The van der Waals surface area contributed by atoms with Gasteiger partial charge in [-0.1, -0.05) is 0 Å². The molecule has 0 aliphatic carbocycles. The molecule has 0 fully saturated rings. The lowest BCUT2D eigenvalue weighted by Gasteiger charge is -2.10. The topological polar surface area (TPSA) is 0 Å². The van der Waals surface area contributed by atoms with Crippen LogP contribution < -0.4 is 0 Å². The van der Waals surface area contributed by atoms with Gasteiger partial charge in [0.2, 0.25) is 0 Å². The average molecular weight is 322 g/mol. The van der Waals surface area contributed by atoms with Crippen molar-refractivity contribution in [1.82, 2.24) is 0 Å². The van der Waals surface area contributed by atoms with Gasteiger partial charge in [0, 0.05) is 10.8 Å². The highest BCUT2D eigenvalue weighted by Gasteiger charge is 2.26. The van der Waals surface area contributed by atoms with Crippen molar-refractivity contribution in [2.45, 2.75) is 0 Å². The van der Waals surface area contributed by atoms with E-state index in [-0.39, 0.29) is 12.1 Å². The van der Waals surface area contributed by atoms with E-state index in [0.29, 0.717) is 0 Å². The first-order valence-electron chi connectivity index (χ1n) is 5.67. The molecule has 0 atom stereocenters. The largest absolute Gasteiger partial charge is 0.206 e. The van der Waals surface area contributed by atoms with Gasteiger partial charge in [0.25, 0.3) is 0 Å². The van der Waals surface area contributed by atoms with Crippen molar-refractivity contribution < 1.29 is 35.1 Å². The molecule has 0 radical (unpaired) electrons. The van der Waals surface area contributed by atoms with Crippen LogP contribution in [0.15, 0.2) is 12.1 Å². The van der Waals surface area contributed by atoms with Gasteiger partial charge in [-0.3, -0.25) is 0 Å². The molecule has 114 valence electrons. The van der Waals surface area contributed by atoms with Crippen molar-refractivity contribution in [3.05, 3.63) is 58.7 Å². The molecule has 0 heterocycles. The second-order valence-electron chi connectivity index (χ2n) is 4.45. The van der Waals surface area contributed by atoms with E-state index in [2.05, 4.69) is 0 Å². The van der Waals surface area contributed by atoms with Crippen molar-refractivity contribution in [2.24, 2.45) is 0 Å². The maximum absolute atomic E-state index is 14.2. The van der Waals surface area contributed by atoms with Gasteiger partial charge >= 0.3 is 0 Å². The molecule has 0 aliphatic rings. The molecule has 3 aromatic carbocycles. The molecule has 0 saturated heterocycles. The first kappa shape index (κ1) is 14.6. The molecule has 0 N–H and O–H groups in total. The molecule has 3 aromatic rings. The van der Waals surface area contributed by atoms with E-state index in [4.69, 9.17) is 0 Å². The third kappa shape index (κ3) is 1.69. The number of fused-ring (bicyclic) bond motifs is 2. The van der Waals surface area contributed by atoms with Gasteiger partial charge in [0.05, 0.1) is 10.8 Å². The SMILES string of the molecule is Fc1cc2c(F)c3c(F)c(F)c(F)cc3c(F)c2c(F)c1F. The zero-order valence-corrected chi connectivity index (χ0v) is 10.2. The van der Waals surface area contributed by atoms with Gasteiger partial charge in [-0.15, -0.1) is 0 Å². The third-order valence-corrected chi connectivity index (χ3v) is 3.24. The highest BCUT2D eigenvalue weighted by molar-refractivity contribution is 6.00. The normalized spacial score (nSPS) is 11.6. The fourth-order valence-corrected chi connectivity index (χ4v) is 2.23. The van der Waals surface area contributed by atoms with E-state index in [1.54, 1.807) is 0 Å². The minimum atomic E-state index is -2.08. The molecule has 0 bridgehead atoms. The van der Waals surface area contributed by atoms with E-state index in [9.17, 15) is 35.1 Å². The van der Waals surface area contributed by atoms with Crippen molar-refractivity contribution in [3.8, 4) is 0 Å². The van der Waals surface area contributed by atoms with Crippen LogP contribution in [0.4, 0.5) is 35.1 Å². The van der Waals surface area contributed by atoms with Crippen molar-refractivity contribution in [2.75, 3.05) is 0 Å². The minimum absolute atomic E-state index is 0.103. The molecule has 0 unspecified atom stereocenters. The highest BCUT2D eigenvalue weighted by atomic mass is 19.2. The molecule has 0 aliphatic heterocycles. The van der Waals surface area contributed by atoms with Crippen molar-refractivity contribution in [1.29, 1.82) is 0 Å². The maximum atomic E-state index is 14.2. The zero-order valence-electron chi connectivity index (χ0n) is 10.2. The Bertz CT molecular complexity index is 882. The zero-order chi connectivity index (χ0) is 16.3. The lowest BCUT2D eigenvalue weighted by Crippen LogP contribution is -2.02. The predicted octanol–water partition coefficient (Wildman–Crippen LogP) is 5.11. The fraction of sp³-hybridized carbons (Fsp3) is 0. The molecule has 0 spiro atoms. The van der Waals surface area contributed by atoms with E-state index in [1.807, 2.05) is 0 Å². The minimum Gasteiger partial charge on any atom is -0.206 e. The summed E-state index contributed by atoms with van der Waals surface area (Å²) in [4.78, 5) is 0. The van der Waals surface area contributed by atoms with Crippen LogP contribution in [0.3, 0.4) is 0 Å². The van der Waals surface area contributed by atoms with Crippen LogP contribution in [-0.4, -0.2) is 0 Å². The third-order valence-electron chi connectivity index (χ3n) is 3.24. The van der Waals surface area contributed by atoms with Crippen LogP contribution in [0.1, 0.15) is 0 Å². The fourth-order valence-electron chi connectivity index (χ4n) is 2.23. The van der Waals surface area contributed by atoms with Crippen LogP contribution in [-0.2, 0) is 0 Å². The summed E-state index contributed by atoms with van der Waals surface area (Å²) in [5.41, 5.74) is 0. The number of hydrogen-bond acceptors (Lipinski definition) is 0. The second kappa shape index (κ2) is 4.56. The van der Waals surface area contributed by atoms with Crippen molar-refractivity contribution >= 4 is 21.5 Å².